The summed E-state index contributed by atoms with van der Waals surface area (Å²) in [6, 6.07) is 23.0. The average Bonchev–Trinajstić information content (AvgIpc) is 2.74. The third-order valence-electron chi connectivity index (χ3n) is 4.31. The second kappa shape index (κ2) is 8.17. The number of rotatable bonds is 4. The first-order valence-electron chi connectivity index (χ1n) is 8.88. The molecule has 0 atom stereocenters. The summed E-state index contributed by atoms with van der Waals surface area (Å²) in [6.07, 6.45) is 2.93. The highest BCUT2D eigenvalue weighted by molar-refractivity contribution is 6.30. The lowest BCUT2D eigenvalue weighted by molar-refractivity contribution is -0.128. The minimum Gasteiger partial charge on any atom is -0.422 e. The summed E-state index contributed by atoms with van der Waals surface area (Å²) < 4.78 is 11.1. The van der Waals surface area contributed by atoms with Crippen LogP contribution in [0.15, 0.2) is 94.2 Å². The SMILES string of the molecule is O=C(/C=C/c1ccc(Cl)cc1)Oc1c(-c2ccccc2)c(=O)oc2ccccc12. The van der Waals surface area contributed by atoms with Crippen molar-refractivity contribution in [3.05, 3.63) is 106 Å². The van der Waals surface area contributed by atoms with Crippen LogP contribution in [0.25, 0.3) is 28.2 Å². The van der Waals surface area contributed by atoms with Crippen LogP contribution in [0.1, 0.15) is 5.56 Å². The van der Waals surface area contributed by atoms with Gasteiger partial charge in [0.2, 0.25) is 0 Å². The summed E-state index contributed by atoms with van der Waals surface area (Å²) in [6.45, 7) is 0. The number of carbonyl (C=O) groups excluding carboxylic acids is 1. The van der Waals surface area contributed by atoms with Gasteiger partial charge in [0, 0.05) is 11.1 Å². The third kappa shape index (κ3) is 4.13. The van der Waals surface area contributed by atoms with Gasteiger partial charge in [-0.2, -0.15) is 0 Å². The van der Waals surface area contributed by atoms with Gasteiger partial charge in [0.25, 0.3) is 0 Å². The zero-order valence-electron chi connectivity index (χ0n) is 15.2. The number of carbonyl (C=O) groups is 1. The van der Waals surface area contributed by atoms with Crippen molar-refractivity contribution in [2.24, 2.45) is 0 Å². The van der Waals surface area contributed by atoms with Crippen LogP contribution in [-0.2, 0) is 4.79 Å². The van der Waals surface area contributed by atoms with Gasteiger partial charge in [-0.05, 0) is 41.5 Å². The maximum absolute atomic E-state index is 12.7. The van der Waals surface area contributed by atoms with E-state index >= 15 is 0 Å². The molecule has 0 saturated heterocycles. The predicted octanol–water partition coefficient (Wildman–Crippen LogP) is 5.73. The van der Waals surface area contributed by atoms with Crippen LogP contribution in [-0.4, -0.2) is 5.97 Å². The Morgan fingerprint density at radius 3 is 2.34 bits per heavy atom. The van der Waals surface area contributed by atoms with Crippen LogP contribution in [0.2, 0.25) is 5.02 Å². The van der Waals surface area contributed by atoms with Gasteiger partial charge in [-0.3, -0.25) is 0 Å². The standard InChI is InChI=1S/C24H15ClO4/c25-18-13-10-16(11-14-18)12-15-21(26)29-23-19-8-4-5-9-20(19)28-24(27)22(23)17-6-2-1-3-7-17/h1-15H/b15-12+. The van der Waals surface area contributed by atoms with Crippen LogP contribution >= 0.6 is 11.6 Å². The van der Waals surface area contributed by atoms with Crippen molar-refractivity contribution < 1.29 is 13.9 Å². The smallest absolute Gasteiger partial charge is 0.348 e. The van der Waals surface area contributed by atoms with Crippen molar-refractivity contribution in [2.45, 2.75) is 0 Å². The highest BCUT2D eigenvalue weighted by atomic mass is 35.5. The van der Waals surface area contributed by atoms with Gasteiger partial charge in [-0.25, -0.2) is 9.59 Å². The van der Waals surface area contributed by atoms with Gasteiger partial charge >= 0.3 is 11.6 Å². The second-order valence-corrected chi connectivity index (χ2v) is 6.70. The topological polar surface area (TPSA) is 56.5 Å². The Balaban J connectivity index is 1.76. The summed E-state index contributed by atoms with van der Waals surface area (Å²) in [4.78, 5) is 25.2. The monoisotopic (exact) mass is 402 g/mol. The minimum absolute atomic E-state index is 0.175. The first-order valence-corrected chi connectivity index (χ1v) is 9.26. The normalized spacial score (nSPS) is 11.1. The maximum atomic E-state index is 12.7. The highest BCUT2D eigenvalue weighted by Gasteiger charge is 2.19. The molecule has 0 bridgehead atoms. The lowest BCUT2D eigenvalue weighted by atomic mass is 10.0. The van der Waals surface area contributed by atoms with Crippen molar-refractivity contribution >= 4 is 34.6 Å². The fourth-order valence-corrected chi connectivity index (χ4v) is 3.08. The van der Waals surface area contributed by atoms with Crippen molar-refractivity contribution in [1.82, 2.24) is 0 Å². The van der Waals surface area contributed by atoms with Crippen molar-refractivity contribution in [2.75, 3.05) is 0 Å². The average molecular weight is 403 g/mol. The molecule has 0 saturated carbocycles. The predicted molar refractivity (Wildman–Crippen MR) is 114 cm³/mol. The number of fused-ring (bicyclic) bond motifs is 1. The van der Waals surface area contributed by atoms with Gasteiger partial charge in [0.1, 0.15) is 11.1 Å². The molecule has 0 fully saturated rings. The summed E-state index contributed by atoms with van der Waals surface area (Å²) >= 11 is 5.87. The van der Waals surface area contributed by atoms with Crippen LogP contribution in [0.5, 0.6) is 5.75 Å². The summed E-state index contributed by atoms with van der Waals surface area (Å²) in [5, 5.41) is 1.15. The first kappa shape index (κ1) is 18.7. The minimum atomic E-state index is -0.604. The fourth-order valence-electron chi connectivity index (χ4n) is 2.95. The first-order chi connectivity index (χ1) is 14.1. The van der Waals surface area contributed by atoms with E-state index in [9.17, 15) is 9.59 Å². The van der Waals surface area contributed by atoms with E-state index in [1.807, 2.05) is 6.07 Å². The highest BCUT2D eigenvalue weighted by Crippen LogP contribution is 2.34. The van der Waals surface area contributed by atoms with E-state index in [0.717, 1.165) is 5.56 Å². The maximum Gasteiger partial charge on any atom is 0.348 e. The molecule has 0 spiro atoms. The van der Waals surface area contributed by atoms with E-state index < -0.39 is 11.6 Å². The van der Waals surface area contributed by atoms with Crippen LogP contribution in [0, 0.1) is 0 Å². The number of halogens is 1. The second-order valence-electron chi connectivity index (χ2n) is 6.26. The number of para-hydroxylation sites is 1. The Hall–Kier alpha value is -3.63. The number of hydrogen-bond acceptors (Lipinski definition) is 4. The largest absolute Gasteiger partial charge is 0.422 e. The van der Waals surface area contributed by atoms with Crippen molar-refractivity contribution in [3.63, 3.8) is 0 Å². The van der Waals surface area contributed by atoms with E-state index in [1.54, 1.807) is 78.9 Å². The van der Waals surface area contributed by atoms with E-state index in [4.69, 9.17) is 20.8 Å². The number of ether oxygens (including phenoxy) is 1. The summed E-state index contributed by atoms with van der Waals surface area (Å²) in [5.74, 6) is -0.429. The van der Waals surface area contributed by atoms with Gasteiger partial charge in [0.05, 0.1) is 5.39 Å². The molecule has 5 heteroatoms. The Bertz CT molecular complexity index is 1260. The van der Waals surface area contributed by atoms with Crippen LogP contribution < -0.4 is 10.4 Å². The number of hydrogen-bond donors (Lipinski definition) is 0. The quantitative estimate of drug-likeness (QED) is 0.248. The molecule has 29 heavy (non-hydrogen) atoms. The van der Waals surface area contributed by atoms with E-state index in [2.05, 4.69) is 0 Å². The van der Waals surface area contributed by atoms with E-state index in [1.165, 1.54) is 6.08 Å². The summed E-state index contributed by atoms with van der Waals surface area (Å²) in [7, 11) is 0. The lowest BCUT2D eigenvalue weighted by Gasteiger charge is -2.11. The fraction of sp³-hybridized carbons (Fsp3) is 0. The molecule has 4 nitrogen and oxygen atoms in total. The molecule has 4 rings (SSSR count). The molecule has 0 unspecified atom stereocenters. The van der Waals surface area contributed by atoms with Gasteiger partial charge in [-0.15, -0.1) is 0 Å². The molecular formula is C24H15ClO4. The van der Waals surface area contributed by atoms with E-state index in [0.29, 0.717) is 21.6 Å². The van der Waals surface area contributed by atoms with Crippen LogP contribution in [0.4, 0.5) is 0 Å². The van der Waals surface area contributed by atoms with E-state index in [-0.39, 0.29) is 11.3 Å². The molecule has 0 aliphatic heterocycles. The molecular weight excluding hydrogens is 388 g/mol. The Morgan fingerprint density at radius 1 is 0.897 bits per heavy atom. The molecule has 3 aromatic carbocycles. The van der Waals surface area contributed by atoms with Crippen molar-refractivity contribution in [1.29, 1.82) is 0 Å². The number of esters is 1. The molecule has 0 aliphatic rings. The third-order valence-corrected chi connectivity index (χ3v) is 4.56. The molecule has 1 heterocycles. The molecule has 0 aliphatic carbocycles. The Labute approximate surface area is 171 Å². The summed E-state index contributed by atoms with van der Waals surface area (Å²) in [5.41, 5.74) is 1.39. The molecule has 0 amide bonds. The van der Waals surface area contributed by atoms with Gasteiger partial charge in [-0.1, -0.05) is 66.2 Å². The number of benzene rings is 3. The molecule has 1 aromatic heterocycles. The van der Waals surface area contributed by atoms with Crippen molar-refractivity contribution in [3.8, 4) is 16.9 Å². The zero-order valence-corrected chi connectivity index (χ0v) is 15.9. The van der Waals surface area contributed by atoms with Crippen LogP contribution in [0.3, 0.4) is 0 Å². The molecule has 0 radical (unpaired) electrons. The zero-order chi connectivity index (χ0) is 20.2. The molecule has 142 valence electrons. The molecule has 4 aromatic rings. The Morgan fingerprint density at radius 2 is 1.59 bits per heavy atom. The Kier molecular flexibility index (Phi) is 5.27. The lowest BCUT2D eigenvalue weighted by Crippen LogP contribution is -2.11. The molecule has 0 N–H and O–H groups in total. The van der Waals surface area contributed by atoms with Gasteiger partial charge in [0.15, 0.2) is 5.75 Å². The van der Waals surface area contributed by atoms with Gasteiger partial charge < -0.3 is 9.15 Å².